The summed E-state index contributed by atoms with van der Waals surface area (Å²) >= 11 is 0. The molecule has 0 bridgehead atoms. The fourth-order valence-electron chi connectivity index (χ4n) is 5.53. The first-order valence-corrected chi connectivity index (χ1v) is 14.0. The second-order valence-corrected chi connectivity index (χ2v) is 12.1. The van der Waals surface area contributed by atoms with Crippen LogP contribution in [0, 0.1) is 13.8 Å². The second kappa shape index (κ2) is 9.62. The Kier molecular flexibility index (Phi) is 6.58. The molecule has 0 unspecified atom stereocenters. The monoisotopic (exact) mass is 478 g/mol. The van der Waals surface area contributed by atoms with Gasteiger partial charge in [0.05, 0.1) is 5.25 Å². The molecule has 2 aromatic heterocycles. The van der Waals surface area contributed by atoms with E-state index >= 15 is 0 Å². The normalized spacial score (nSPS) is 18.9. The Balaban J connectivity index is 1.36. The lowest BCUT2D eigenvalue weighted by molar-refractivity contribution is 0.320. The van der Waals surface area contributed by atoms with E-state index in [1.54, 1.807) is 4.31 Å². The Bertz CT molecular complexity index is 1260. The maximum atomic E-state index is 13.1. The van der Waals surface area contributed by atoms with Crippen LogP contribution in [0.25, 0.3) is 21.9 Å². The van der Waals surface area contributed by atoms with Gasteiger partial charge in [0.25, 0.3) is 0 Å². The van der Waals surface area contributed by atoms with E-state index in [9.17, 15) is 8.42 Å². The van der Waals surface area contributed by atoms with Crippen molar-refractivity contribution in [2.24, 2.45) is 0 Å². The highest BCUT2D eigenvalue weighted by atomic mass is 32.2. The first-order chi connectivity index (χ1) is 16.4. The Labute approximate surface area is 202 Å². The van der Waals surface area contributed by atoms with Gasteiger partial charge in [0.2, 0.25) is 10.0 Å². The molecule has 1 N–H and O–H groups in total. The fourth-order valence-corrected chi connectivity index (χ4v) is 7.60. The van der Waals surface area contributed by atoms with Gasteiger partial charge in [-0.15, -0.1) is 0 Å². The summed E-state index contributed by atoms with van der Waals surface area (Å²) in [5.74, 6) is 0. The zero-order valence-electron chi connectivity index (χ0n) is 20.1. The van der Waals surface area contributed by atoms with Gasteiger partial charge in [-0.2, -0.15) is 0 Å². The SMILES string of the molecule is Cc1cc(-c2cc(NC3CCN(S(=O)(=O)C4CCCCC4)CC3)c3cnccc3c2)cc(C)n1. The number of pyridine rings is 2. The molecule has 1 aliphatic heterocycles. The predicted molar refractivity (Wildman–Crippen MR) is 138 cm³/mol. The highest BCUT2D eigenvalue weighted by Gasteiger charge is 2.35. The van der Waals surface area contributed by atoms with Crippen LogP contribution in [-0.4, -0.2) is 47.1 Å². The summed E-state index contributed by atoms with van der Waals surface area (Å²) in [5.41, 5.74) is 5.37. The average Bonchev–Trinajstić information content (AvgIpc) is 2.84. The molecule has 6 nitrogen and oxygen atoms in total. The standard InChI is InChI=1S/C27H34N4O2S/c1-19-14-22(15-20(2)29-19)23-16-21-8-11-28-18-26(21)27(17-23)30-24-9-12-31(13-10-24)34(32,33)25-6-4-3-5-7-25/h8,11,14-18,24-25,30H,3-7,9-10,12-13H2,1-2H3. The molecule has 1 saturated carbocycles. The van der Waals surface area contributed by atoms with Gasteiger partial charge in [0.15, 0.2) is 0 Å². The minimum atomic E-state index is -3.18. The molecule has 7 heteroatoms. The summed E-state index contributed by atoms with van der Waals surface area (Å²) in [6.45, 7) is 5.23. The topological polar surface area (TPSA) is 75.2 Å². The lowest BCUT2D eigenvalue weighted by atomic mass is 9.99. The number of fused-ring (bicyclic) bond motifs is 1. The van der Waals surface area contributed by atoms with Crippen LogP contribution >= 0.6 is 0 Å². The molecular formula is C27H34N4O2S. The molecule has 2 fully saturated rings. The third kappa shape index (κ3) is 4.82. The first kappa shape index (κ1) is 23.2. The van der Waals surface area contributed by atoms with Crippen molar-refractivity contribution in [1.29, 1.82) is 0 Å². The number of sulfonamides is 1. The molecular weight excluding hydrogens is 444 g/mol. The Morgan fingerprint density at radius 2 is 1.59 bits per heavy atom. The van der Waals surface area contributed by atoms with Gasteiger partial charge in [-0.25, -0.2) is 12.7 Å². The van der Waals surface area contributed by atoms with Crippen LogP contribution in [0.3, 0.4) is 0 Å². The number of nitrogens with zero attached hydrogens (tertiary/aromatic N) is 3. The zero-order chi connectivity index (χ0) is 23.7. The van der Waals surface area contributed by atoms with Crippen molar-refractivity contribution >= 4 is 26.5 Å². The van der Waals surface area contributed by atoms with Crippen LogP contribution in [-0.2, 0) is 10.0 Å². The number of rotatable bonds is 5. The van der Waals surface area contributed by atoms with Crippen LogP contribution in [0.2, 0.25) is 0 Å². The van der Waals surface area contributed by atoms with E-state index in [4.69, 9.17) is 0 Å². The minimum Gasteiger partial charge on any atom is -0.382 e. The molecule has 1 aliphatic carbocycles. The lowest BCUT2D eigenvalue weighted by Crippen LogP contribution is -2.46. The van der Waals surface area contributed by atoms with E-state index in [0.717, 1.165) is 77.5 Å². The summed E-state index contributed by atoms with van der Waals surface area (Å²) < 4.78 is 28.0. The molecule has 2 aliphatic rings. The molecule has 0 radical (unpaired) electrons. The number of hydrogen-bond donors (Lipinski definition) is 1. The first-order valence-electron chi connectivity index (χ1n) is 12.5. The third-order valence-electron chi connectivity index (χ3n) is 7.32. The van der Waals surface area contributed by atoms with Gasteiger partial charge in [0.1, 0.15) is 0 Å². The Morgan fingerprint density at radius 3 is 2.29 bits per heavy atom. The summed E-state index contributed by atoms with van der Waals surface area (Å²) in [5, 5.41) is 5.79. The van der Waals surface area contributed by atoms with Gasteiger partial charge in [-0.05, 0) is 86.4 Å². The van der Waals surface area contributed by atoms with Gasteiger partial charge in [-0.3, -0.25) is 9.97 Å². The van der Waals surface area contributed by atoms with Crippen molar-refractivity contribution in [1.82, 2.24) is 14.3 Å². The summed E-state index contributed by atoms with van der Waals surface area (Å²) in [4.78, 5) is 8.88. The molecule has 180 valence electrons. The number of aryl methyl sites for hydroxylation is 2. The molecule has 1 saturated heterocycles. The molecule has 3 aromatic rings. The van der Waals surface area contributed by atoms with E-state index in [1.807, 2.05) is 32.3 Å². The van der Waals surface area contributed by atoms with Crippen LogP contribution in [0.1, 0.15) is 56.3 Å². The smallest absolute Gasteiger partial charge is 0.216 e. The van der Waals surface area contributed by atoms with E-state index in [0.29, 0.717) is 13.1 Å². The van der Waals surface area contributed by atoms with Crippen molar-refractivity contribution in [3.05, 3.63) is 54.1 Å². The number of benzene rings is 1. The van der Waals surface area contributed by atoms with E-state index in [2.05, 4.69) is 39.6 Å². The van der Waals surface area contributed by atoms with E-state index < -0.39 is 10.0 Å². The summed E-state index contributed by atoms with van der Waals surface area (Å²) in [7, 11) is -3.18. The fraction of sp³-hybridized carbons (Fsp3) is 0.481. The number of aromatic nitrogens is 2. The van der Waals surface area contributed by atoms with Crippen LogP contribution < -0.4 is 5.32 Å². The van der Waals surface area contributed by atoms with Gasteiger partial charge in [-0.1, -0.05) is 19.3 Å². The second-order valence-electron chi connectivity index (χ2n) is 9.88. The molecule has 5 rings (SSSR count). The lowest BCUT2D eigenvalue weighted by Gasteiger charge is -2.35. The van der Waals surface area contributed by atoms with Gasteiger partial charge in [0, 0.05) is 54.0 Å². The van der Waals surface area contributed by atoms with Crippen molar-refractivity contribution in [3.63, 3.8) is 0 Å². The Morgan fingerprint density at radius 1 is 0.912 bits per heavy atom. The highest BCUT2D eigenvalue weighted by molar-refractivity contribution is 7.89. The van der Waals surface area contributed by atoms with Crippen molar-refractivity contribution in [2.75, 3.05) is 18.4 Å². The van der Waals surface area contributed by atoms with Crippen molar-refractivity contribution in [3.8, 4) is 11.1 Å². The molecule has 0 atom stereocenters. The summed E-state index contributed by atoms with van der Waals surface area (Å²) in [6.07, 6.45) is 10.2. The highest BCUT2D eigenvalue weighted by Crippen LogP contribution is 2.33. The van der Waals surface area contributed by atoms with E-state index in [1.165, 1.54) is 6.42 Å². The number of nitrogens with one attached hydrogen (secondary N) is 1. The quantitative estimate of drug-likeness (QED) is 0.528. The molecule has 3 heterocycles. The maximum Gasteiger partial charge on any atom is 0.216 e. The molecule has 34 heavy (non-hydrogen) atoms. The van der Waals surface area contributed by atoms with Crippen molar-refractivity contribution < 1.29 is 8.42 Å². The van der Waals surface area contributed by atoms with Crippen LogP contribution in [0.4, 0.5) is 5.69 Å². The Hall–Kier alpha value is -2.51. The van der Waals surface area contributed by atoms with Crippen LogP contribution in [0.15, 0.2) is 42.7 Å². The number of anilines is 1. The zero-order valence-corrected chi connectivity index (χ0v) is 20.9. The third-order valence-corrected chi connectivity index (χ3v) is 9.72. The molecule has 1 aromatic carbocycles. The largest absolute Gasteiger partial charge is 0.382 e. The predicted octanol–water partition coefficient (Wildman–Crippen LogP) is 5.45. The number of piperidine rings is 1. The maximum absolute atomic E-state index is 13.1. The van der Waals surface area contributed by atoms with E-state index in [-0.39, 0.29) is 11.3 Å². The molecule has 0 spiro atoms. The molecule has 0 amide bonds. The number of hydrogen-bond acceptors (Lipinski definition) is 5. The minimum absolute atomic E-state index is 0.176. The van der Waals surface area contributed by atoms with Gasteiger partial charge < -0.3 is 5.32 Å². The summed E-state index contributed by atoms with van der Waals surface area (Å²) in [6, 6.07) is 10.9. The van der Waals surface area contributed by atoms with Crippen molar-refractivity contribution in [2.45, 2.75) is 70.1 Å². The van der Waals surface area contributed by atoms with Crippen LogP contribution in [0.5, 0.6) is 0 Å². The van der Waals surface area contributed by atoms with Gasteiger partial charge >= 0.3 is 0 Å². The average molecular weight is 479 g/mol.